The molecular formula is C15H21ClN2O3. The van der Waals surface area contributed by atoms with Crippen molar-refractivity contribution in [3.8, 4) is 0 Å². The first-order valence-corrected chi connectivity index (χ1v) is 7.76. The third kappa shape index (κ3) is 3.59. The number of nitrogens with zero attached hydrogens (tertiary/aromatic N) is 2. The fraction of sp³-hybridized carbons (Fsp3) is 0.600. The summed E-state index contributed by atoms with van der Waals surface area (Å²) in [5.41, 5.74) is 0.576. The summed E-state index contributed by atoms with van der Waals surface area (Å²) >= 11 is 5.98. The van der Waals surface area contributed by atoms with Crippen molar-refractivity contribution < 1.29 is 14.3 Å². The van der Waals surface area contributed by atoms with Crippen molar-refractivity contribution in [1.82, 2.24) is 9.47 Å². The van der Waals surface area contributed by atoms with Gasteiger partial charge in [0, 0.05) is 25.8 Å². The molecule has 0 N–H and O–H groups in total. The van der Waals surface area contributed by atoms with Crippen LogP contribution in [-0.2, 0) is 16.1 Å². The van der Waals surface area contributed by atoms with Crippen LogP contribution in [0.3, 0.4) is 0 Å². The summed E-state index contributed by atoms with van der Waals surface area (Å²) in [6.45, 7) is 5.90. The second kappa shape index (κ2) is 6.98. The molecule has 2 heterocycles. The van der Waals surface area contributed by atoms with Crippen molar-refractivity contribution in [3.63, 3.8) is 0 Å². The summed E-state index contributed by atoms with van der Waals surface area (Å²) in [6, 6.07) is 1.68. The molecule has 0 bridgehead atoms. The number of amides is 1. The van der Waals surface area contributed by atoms with Gasteiger partial charge in [-0.1, -0.05) is 11.6 Å². The lowest BCUT2D eigenvalue weighted by Gasteiger charge is -2.31. The molecule has 1 aromatic heterocycles. The molecule has 1 aromatic rings. The monoisotopic (exact) mass is 312 g/mol. The molecule has 1 atom stereocenters. The Labute approximate surface area is 129 Å². The van der Waals surface area contributed by atoms with Gasteiger partial charge in [-0.3, -0.25) is 9.59 Å². The molecule has 0 spiro atoms. The minimum Gasteiger partial charge on any atom is -0.466 e. The van der Waals surface area contributed by atoms with Gasteiger partial charge in [0.1, 0.15) is 5.69 Å². The minimum atomic E-state index is -0.219. The third-order valence-electron chi connectivity index (χ3n) is 3.75. The maximum absolute atomic E-state index is 12.6. The number of aromatic nitrogens is 1. The van der Waals surface area contributed by atoms with Crippen LogP contribution in [0.15, 0.2) is 12.3 Å². The number of aryl methyl sites for hydroxylation is 1. The smallest absolute Gasteiger partial charge is 0.310 e. The van der Waals surface area contributed by atoms with Crippen molar-refractivity contribution in [2.24, 2.45) is 5.92 Å². The van der Waals surface area contributed by atoms with Crippen molar-refractivity contribution >= 4 is 23.5 Å². The first kappa shape index (κ1) is 15.9. The standard InChI is InChI=1S/C15H21ClN2O3/c1-3-17-10-12(16)8-13(17)14(19)18-7-5-6-11(9-18)15(20)21-4-2/h8,10-11H,3-7,9H2,1-2H3/t11-/m1/s1. The zero-order valence-corrected chi connectivity index (χ0v) is 13.2. The zero-order chi connectivity index (χ0) is 15.4. The number of hydrogen-bond donors (Lipinski definition) is 0. The van der Waals surface area contributed by atoms with Crippen molar-refractivity contribution in [2.75, 3.05) is 19.7 Å². The number of halogens is 1. The maximum Gasteiger partial charge on any atom is 0.310 e. The zero-order valence-electron chi connectivity index (χ0n) is 12.5. The molecule has 2 rings (SSSR count). The van der Waals surface area contributed by atoms with Crippen LogP contribution in [0.2, 0.25) is 5.02 Å². The van der Waals surface area contributed by atoms with Gasteiger partial charge in [-0.25, -0.2) is 0 Å². The normalized spacial score (nSPS) is 18.6. The van der Waals surface area contributed by atoms with E-state index in [0.717, 1.165) is 12.8 Å². The molecule has 0 saturated carbocycles. The molecule has 0 radical (unpaired) electrons. The average molecular weight is 313 g/mol. The summed E-state index contributed by atoms with van der Waals surface area (Å²) in [5, 5.41) is 0.555. The quantitative estimate of drug-likeness (QED) is 0.803. The molecule has 0 aliphatic carbocycles. The van der Waals surface area contributed by atoms with Crippen LogP contribution in [0.1, 0.15) is 37.2 Å². The van der Waals surface area contributed by atoms with Crippen LogP contribution < -0.4 is 0 Å². The predicted molar refractivity (Wildman–Crippen MR) is 80.4 cm³/mol. The van der Waals surface area contributed by atoms with Gasteiger partial charge in [0.2, 0.25) is 0 Å². The number of rotatable bonds is 4. The van der Waals surface area contributed by atoms with Crippen LogP contribution in [0, 0.1) is 5.92 Å². The van der Waals surface area contributed by atoms with E-state index in [0.29, 0.717) is 37.0 Å². The largest absolute Gasteiger partial charge is 0.466 e. The van der Waals surface area contributed by atoms with Gasteiger partial charge in [0.15, 0.2) is 0 Å². The molecular weight excluding hydrogens is 292 g/mol. The highest BCUT2D eigenvalue weighted by Gasteiger charge is 2.30. The molecule has 21 heavy (non-hydrogen) atoms. The number of ether oxygens (including phenoxy) is 1. The molecule has 6 heteroatoms. The number of likely N-dealkylation sites (tertiary alicyclic amines) is 1. The molecule has 1 saturated heterocycles. The van der Waals surface area contributed by atoms with Gasteiger partial charge >= 0.3 is 5.97 Å². The van der Waals surface area contributed by atoms with Gasteiger partial charge in [0.25, 0.3) is 5.91 Å². The van der Waals surface area contributed by atoms with Gasteiger partial charge < -0.3 is 14.2 Å². The van der Waals surface area contributed by atoms with Gasteiger partial charge in [-0.05, 0) is 32.8 Å². The summed E-state index contributed by atoms with van der Waals surface area (Å²) in [6.07, 6.45) is 3.34. The first-order valence-electron chi connectivity index (χ1n) is 7.38. The highest BCUT2D eigenvalue weighted by molar-refractivity contribution is 6.31. The lowest BCUT2D eigenvalue weighted by molar-refractivity contribution is -0.149. The van der Waals surface area contributed by atoms with E-state index in [-0.39, 0.29) is 17.8 Å². The van der Waals surface area contributed by atoms with E-state index in [1.807, 2.05) is 11.5 Å². The van der Waals surface area contributed by atoms with Crippen molar-refractivity contribution in [3.05, 3.63) is 23.0 Å². The van der Waals surface area contributed by atoms with Gasteiger partial charge in [0.05, 0.1) is 17.5 Å². The van der Waals surface area contributed by atoms with Crippen LogP contribution in [0.25, 0.3) is 0 Å². The number of piperidine rings is 1. The molecule has 0 unspecified atom stereocenters. The van der Waals surface area contributed by atoms with Gasteiger partial charge in [-0.2, -0.15) is 0 Å². The van der Waals surface area contributed by atoms with E-state index in [1.165, 1.54) is 0 Å². The van der Waals surface area contributed by atoms with E-state index in [4.69, 9.17) is 16.3 Å². The number of carbonyl (C=O) groups excluding carboxylic acids is 2. The number of carbonyl (C=O) groups is 2. The van der Waals surface area contributed by atoms with E-state index in [2.05, 4.69) is 0 Å². The fourth-order valence-corrected chi connectivity index (χ4v) is 2.91. The second-order valence-corrected chi connectivity index (χ2v) is 5.61. The summed E-state index contributed by atoms with van der Waals surface area (Å²) in [5.74, 6) is -0.500. The Hall–Kier alpha value is -1.49. The second-order valence-electron chi connectivity index (χ2n) is 5.17. The SMILES string of the molecule is CCOC(=O)[C@@H]1CCCN(C(=O)c2cc(Cl)cn2CC)C1. The molecule has 116 valence electrons. The summed E-state index contributed by atoms with van der Waals surface area (Å²) in [4.78, 5) is 26.2. The molecule has 1 fully saturated rings. The first-order chi connectivity index (χ1) is 10.1. The van der Waals surface area contributed by atoms with E-state index in [9.17, 15) is 9.59 Å². The number of esters is 1. The Morgan fingerprint density at radius 3 is 2.86 bits per heavy atom. The molecule has 1 aliphatic heterocycles. The maximum atomic E-state index is 12.6. The fourth-order valence-electron chi connectivity index (χ4n) is 2.69. The Morgan fingerprint density at radius 1 is 1.43 bits per heavy atom. The predicted octanol–water partition coefficient (Wildman–Crippen LogP) is 2.58. The lowest BCUT2D eigenvalue weighted by Crippen LogP contribution is -2.43. The summed E-state index contributed by atoms with van der Waals surface area (Å²) in [7, 11) is 0. The molecule has 0 aromatic carbocycles. The number of hydrogen-bond acceptors (Lipinski definition) is 3. The van der Waals surface area contributed by atoms with Crippen LogP contribution in [0.5, 0.6) is 0 Å². The highest BCUT2D eigenvalue weighted by Crippen LogP contribution is 2.22. The minimum absolute atomic E-state index is 0.0715. The lowest BCUT2D eigenvalue weighted by atomic mass is 9.98. The Bertz CT molecular complexity index is 527. The highest BCUT2D eigenvalue weighted by atomic mass is 35.5. The van der Waals surface area contributed by atoms with Crippen LogP contribution >= 0.6 is 11.6 Å². The van der Waals surface area contributed by atoms with Crippen molar-refractivity contribution in [1.29, 1.82) is 0 Å². The van der Waals surface area contributed by atoms with E-state index < -0.39 is 0 Å². The molecule has 5 nitrogen and oxygen atoms in total. The molecule has 1 aliphatic rings. The summed E-state index contributed by atoms with van der Waals surface area (Å²) < 4.78 is 6.89. The Morgan fingerprint density at radius 2 is 2.19 bits per heavy atom. The van der Waals surface area contributed by atoms with E-state index >= 15 is 0 Å². The average Bonchev–Trinajstić information content (AvgIpc) is 2.88. The van der Waals surface area contributed by atoms with Crippen molar-refractivity contribution in [2.45, 2.75) is 33.2 Å². The topological polar surface area (TPSA) is 51.5 Å². The van der Waals surface area contributed by atoms with E-state index in [1.54, 1.807) is 24.1 Å². The Kier molecular flexibility index (Phi) is 5.28. The van der Waals surface area contributed by atoms with Gasteiger partial charge in [-0.15, -0.1) is 0 Å². The Balaban J connectivity index is 2.10. The van der Waals surface area contributed by atoms with Crippen LogP contribution in [-0.4, -0.2) is 41.0 Å². The van der Waals surface area contributed by atoms with Crippen LogP contribution in [0.4, 0.5) is 0 Å². The molecule has 1 amide bonds. The third-order valence-corrected chi connectivity index (χ3v) is 3.96.